The maximum atomic E-state index is 13.1. The summed E-state index contributed by atoms with van der Waals surface area (Å²) in [4.78, 5) is 0. The van der Waals surface area contributed by atoms with Gasteiger partial charge in [-0.15, -0.1) is 13.2 Å². The first-order valence-corrected chi connectivity index (χ1v) is 4.38. The summed E-state index contributed by atoms with van der Waals surface area (Å²) in [7, 11) is 0. The smallest absolute Gasteiger partial charge is 0.406 e. The van der Waals surface area contributed by atoms with Crippen LogP contribution in [0.1, 0.15) is 11.6 Å². The molecular weight excluding hydrogens is 271 g/mol. The van der Waals surface area contributed by atoms with Crippen LogP contribution in [0.5, 0.6) is 5.75 Å². The topological polar surface area (TPSA) is 35.2 Å². The number of benzene rings is 1. The predicted octanol–water partition coefficient (Wildman–Crippen LogP) is 3.29. The summed E-state index contributed by atoms with van der Waals surface area (Å²) >= 11 is 0. The molecule has 1 rings (SSSR count). The fourth-order valence-corrected chi connectivity index (χ4v) is 1.13. The Morgan fingerprint density at radius 3 is 2.06 bits per heavy atom. The van der Waals surface area contributed by atoms with Crippen molar-refractivity contribution in [1.82, 2.24) is 0 Å². The molecule has 0 radical (unpaired) electrons. The van der Waals surface area contributed by atoms with Crippen LogP contribution < -0.4 is 10.5 Å². The third-order valence-electron chi connectivity index (χ3n) is 1.89. The van der Waals surface area contributed by atoms with E-state index in [0.29, 0.717) is 12.1 Å². The molecule has 1 atom stereocenters. The van der Waals surface area contributed by atoms with Gasteiger partial charge in [-0.25, -0.2) is 4.39 Å². The van der Waals surface area contributed by atoms with Crippen molar-refractivity contribution in [2.24, 2.45) is 5.73 Å². The van der Waals surface area contributed by atoms with Crippen molar-refractivity contribution in [2.75, 3.05) is 0 Å². The lowest BCUT2D eigenvalue weighted by atomic mass is 10.1. The van der Waals surface area contributed by atoms with Crippen LogP contribution in [0.3, 0.4) is 0 Å². The molecule has 2 nitrogen and oxygen atoms in total. The van der Waals surface area contributed by atoms with Crippen LogP contribution in [0.2, 0.25) is 0 Å². The number of halogens is 7. The highest BCUT2D eigenvalue weighted by Crippen LogP contribution is 2.34. The second kappa shape index (κ2) is 4.63. The van der Waals surface area contributed by atoms with E-state index < -0.39 is 35.7 Å². The van der Waals surface area contributed by atoms with Crippen LogP contribution in [0.15, 0.2) is 18.2 Å². The Balaban J connectivity index is 3.09. The maximum Gasteiger partial charge on any atom is 0.573 e. The van der Waals surface area contributed by atoms with Crippen molar-refractivity contribution in [1.29, 1.82) is 0 Å². The van der Waals surface area contributed by atoms with Gasteiger partial charge in [0, 0.05) is 5.56 Å². The van der Waals surface area contributed by atoms with Gasteiger partial charge in [-0.2, -0.15) is 13.2 Å². The van der Waals surface area contributed by atoms with E-state index in [1.54, 1.807) is 0 Å². The number of hydrogen-bond donors (Lipinski definition) is 1. The van der Waals surface area contributed by atoms with Crippen LogP contribution in [0, 0.1) is 5.82 Å². The van der Waals surface area contributed by atoms with Gasteiger partial charge in [0.15, 0.2) is 0 Å². The fourth-order valence-electron chi connectivity index (χ4n) is 1.13. The van der Waals surface area contributed by atoms with Crippen LogP contribution in [-0.4, -0.2) is 12.5 Å². The van der Waals surface area contributed by atoms with Gasteiger partial charge < -0.3 is 10.5 Å². The van der Waals surface area contributed by atoms with Crippen molar-refractivity contribution >= 4 is 0 Å². The van der Waals surface area contributed by atoms with E-state index in [0.717, 1.165) is 0 Å². The molecule has 0 unspecified atom stereocenters. The summed E-state index contributed by atoms with van der Waals surface area (Å²) < 4.78 is 88.6. The second-order valence-electron chi connectivity index (χ2n) is 3.25. The average Bonchev–Trinajstić information content (AvgIpc) is 2.16. The first-order chi connectivity index (χ1) is 8.00. The van der Waals surface area contributed by atoms with Crippen LogP contribution in [0.4, 0.5) is 30.7 Å². The van der Waals surface area contributed by atoms with Gasteiger partial charge >= 0.3 is 12.5 Å². The predicted molar refractivity (Wildman–Crippen MR) is 46.1 cm³/mol. The van der Waals surface area contributed by atoms with Gasteiger partial charge in [-0.3, -0.25) is 0 Å². The van der Waals surface area contributed by atoms with Crippen molar-refractivity contribution in [3.63, 3.8) is 0 Å². The summed E-state index contributed by atoms with van der Waals surface area (Å²) in [5.74, 6) is -2.34. The number of hydrogen-bond acceptors (Lipinski definition) is 2. The molecule has 0 bridgehead atoms. The third kappa shape index (κ3) is 3.76. The van der Waals surface area contributed by atoms with E-state index in [1.165, 1.54) is 0 Å². The Bertz CT molecular complexity index is 426. The molecule has 18 heavy (non-hydrogen) atoms. The molecule has 0 fully saturated rings. The molecule has 0 saturated heterocycles. The Morgan fingerprint density at radius 2 is 1.61 bits per heavy atom. The minimum atomic E-state index is -5.09. The van der Waals surface area contributed by atoms with E-state index in [1.807, 2.05) is 0 Å². The summed E-state index contributed by atoms with van der Waals surface area (Å²) in [6.45, 7) is 0. The average molecular weight is 277 g/mol. The van der Waals surface area contributed by atoms with E-state index in [4.69, 9.17) is 5.73 Å². The lowest BCUT2D eigenvalue weighted by molar-refractivity contribution is -0.274. The first kappa shape index (κ1) is 14.6. The molecule has 102 valence electrons. The third-order valence-corrected chi connectivity index (χ3v) is 1.89. The summed E-state index contributed by atoms with van der Waals surface area (Å²) in [6.07, 6.45) is -10.1. The number of rotatable bonds is 2. The standard InChI is InChI=1S/C9H6F7NO/c10-6-2-1-4(18-9(14,15)16)3-5(6)7(17)8(11,12)13/h1-3,7H,17H2/t7-/m0/s1. The van der Waals surface area contributed by atoms with E-state index in [-0.39, 0.29) is 6.07 Å². The zero-order chi connectivity index (χ0) is 14.1. The highest BCUT2D eigenvalue weighted by Gasteiger charge is 2.40. The van der Waals surface area contributed by atoms with Gasteiger partial charge in [-0.1, -0.05) is 0 Å². The molecule has 2 N–H and O–H groups in total. The molecule has 0 amide bonds. The van der Waals surface area contributed by atoms with E-state index in [9.17, 15) is 30.7 Å². The van der Waals surface area contributed by atoms with Crippen LogP contribution in [-0.2, 0) is 0 Å². The van der Waals surface area contributed by atoms with Gasteiger partial charge in [0.25, 0.3) is 0 Å². The summed E-state index contributed by atoms with van der Waals surface area (Å²) in [6, 6.07) is -1.49. The number of alkyl halides is 6. The fraction of sp³-hybridized carbons (Fsp3) is 0.333. The molecule has 1 aromatic carbocycles. The Labute approximate surface area is 96.1 Å². The monoisotopic (exact) mass is 277 g/mol. The number of nitrogens with two attached hydrogens (primary N) is 1. The minimum Gasteiger partial charge on any atom is -0.406 e. The zero-order valence-electron chi connectivity index (χ0n) is 8.44. The molecule has 1 aromatic rings. The highest BCUT2D eigenvalue weighted by atomic mass is 19.4. The molecule has 0 aromatic heterocycles. The molecule has 0 aliphatic rings. The van der Waals surface area contributed by atoms with E-state index in [2.05, 4.69) is 4.74 Å². The quantitative estimate of drug-likeness (QED) is 0.842. The lowest BCUT2D eigenvalue weighted by Gasteiger charge is -2.17. The lowest BCUT2D eigenvalue weighted by Crippen LogP contribution is -2.29. The minimum absolute atomic E-state index is 0.265. The Hall–Kier alpha value is -1.51. The molecular formula is C9H6F7NO. The molecule has 0 aliphatic heterocycles. The van der Waals surface area contributed by atoms with Crippen molar-refractivity contribution in [3.05, 3.63) is 29.6 Å². The number of ether oxygens (including phenoxy) is 1. The molecule has 0 heterocycles. The first-order valence-electron chi connectivity index (χ1n) is 4.38. The van der Waals surface area contributed by atoms with Gasteiger partial charge in [-0.05, 0) is 18.2 Å². The normalized spacial score (nSPS) is 14.4. The Morgan fingerprint density at radius 1 is 1.06 bits per heavy atom. The highest BCUT2D eigenvalue weighted by molar-refractivity contribution is 5.32. The van der Waals surface area contributed by atoms with Crippen LogP contribution in [0.25, 0.3) is 0 Å². The molecule has 9 heteroatoms. The van der Waals surface area contributed by atoms with E-state index >= 15 is 0 Å². The van der Waals surface area contributed by atoms with Crippen molar-refractivity contribution in [3.8, 4) is 5.75 Å². The maximum absolute atomic E-state index is 13.1. The molecule has 0 saturated carbocycles. The summed E-state index contributed by atoms with van der Waals surface area (Å²) in [5, 5.41) is 0. The van der Waals surface area contributed by atoms with Crippen molar-refractivity contribution in [2.45, 2.75) is 18.6 Å². The molecule has 0 aliphatic carbocycles. The van der Waals surface area contributed by atoms with Crippen molar-refractivity contribution < 1.29 is 35.5 Å². The largest absolute Gasteiger partial charge is 0.573 e. The summed E-state index contributed by atoms with van der Waals surface area (Å²) in [5.41, 5.74) is 3.58. The van der Waals surface area contributed by atoms with Gasteiger partial charge in [0.2, 0.25) is 0 Å². The van der Waals surface area contributed by atoms with Gasteiger partial charge in [0.05, 0.1) is 0 Å². The second-order valence-corrected chi connectivity index (χ2v) is 3.25. The zero-order valence-corrected chi connectivity index (χ0v) is 8.44. The molecule has 0 spiro atoms. The Kier molecular flexibility index (Phi) is 3.75. The van der Waals surface area contributed by atoms with Gasteiger partial charge in [0.1, 0.15) is 17.6 Å². The van der Waals surface area contributed by atoms with Crippen LogP contribution >= 0.6 is 0 Å². The SMILES string of the molecule is N[C@@H](c1cc(OC(F)(F)F)ccc1F)C(F)(F)F.